The summed E-state index contributed by atoms with van der Waals surface area (Å²) in [6, 6.07) is 6.76. The summed E-state index contributed by atoms with van der Waals surface area (Å²) >= 11 is 12.0. The summed E-state index contributed by atoms with van der Waals surface area (Å²) in [7, 11) is 0. The molecular weight excluding hydrogens is 247 g/mol. The van der Waals surface area contributed by atoms with E-state index in [0.29, 0.717) is 22.1 Å². The van der Waals surface area contributed by atoms with Gasteiger partial charge in [0.25, 0.3) is 0 Å². The van der Waals surface area contributed by atoms with Crippen molar-refractivity contribution >= 4 is 29.5 Å². The Bertz CT molecular complexity index is 521. The standard InChI is InChI=1S/C12H8Cl2O2/c1-7-4-8(13)5-10(14)12(7)11-3-2-9(6-15)16-11/h2-6H,1H3. The minimum absolute atomic E-state index is 0.278. The molecule has 4 heteroatoms. The lowest BCUT2D eigenvalue weighted by Crippen LogP contribution is -1.83. The predicted octanol–water partition coefficient (Wildman–Crippen LogP) is 4.37. The highest BCUT2D eigenvalue weighted by atomic mass is 35.5. The van der Waals surface area contributed by atoms with Gasteiger partial charge in [-0.25, -0.2) is 0 Å². The zero-order valence-corrected chi connectivity index (χ0v) is 9.97. The van der Waals surface area contributed by atoms with Gasteiger partial charge in [0.1, 0.15) is 5.76 Å². The maximum Gasteiger partial charge on any atom is 0.185 e. The normalized spacial score (nSPS) is 10.4. The molecule has 0 amide bonds. The van der Waals surface area contributed by atoms with E-state index in [0.717, 1.165) is 11.1 Å². The van der Waals surface area contributed by atoms with Gasteiger partial charge in [0.15, 0.2) is 12.0 Å². The summed E-state index contributed by atoms with van der Waals surface area (Å²) in [5.74, 6) is 0.849. The van der Waals surface area contributed by atoms with Crippen LogP contribution in [-0.4, -0.2) is 6.29 Å². The van der Waals surface area contributed by atoms with Crippen LogP contribution >= 0.6 is 23.2 Å². The number of hydrogen-bond acceptors (Lipinski definition) is 2. The Kier molecular flexibility index (Phi) is 3.03. The van der Waals surface area contributed by atoms with Crippen molar-refractivity contribution in [2.75, 3.05) is 0 Å². The van der Waals surface area contributed by atoms with Crippen LogP contribution < -0.4 is 0 Å². The fraction of sp³-hybridized carbons (Fsp3) is 0.0833. The Balaban J connectivity index is 2.59. The van der Waals surface area contributed by atoms with Crippen LogP contribution in [0.2, 0.25) is 10.0 Å². The minimum atomic E-state index is 0.278. The number of carbonyl (C=O) groups is 1. The third-order valence-electron chi connectivity index (χ3n) is 2.24. The number of furan rings is 1. The third-order valence-corrected chi connectivity index (χ3v) is 2.76. The maximum atomic E-state index is 10.5. The van der Waals surface area contributed by atoms with Crippen molar-refractivity contribution in [2.45, 2.75) is 6.92 Å². The van der Waals surface area contributed by atoms with E-state index in [1.54, 1.807) is 24.3 Å². The number of halogens is 2. The van der Waals surface area contributed by atoms with Crippen molar-refractivity contribution in [1.29, 1.82) is 0 Å². The summed E-state index contributed by atoms with van der Waals surface area (Å²) in [4.78, 5) is 10.5. The van der Waals surface area contributed by atoms with Gasteiger partial charge in [-0.05, 0) is 36.8 Å². The number of benzene rings is 1. The molecule has 0 saturated carbocycles. The van der Waals surface area contributed by atoms with Crippen LogP contribution in [0.1, 0.15) is 16.1 Å². The molecule has 0 aliphatic rings. The first-order chi connectivity index (χ1) is 7.61. The topological polar surface area (TPSA) is 30.2 Å². The van der Waals surface area contributed by atoms with Gasteiger partial charge < -0.3 is 4.42 Å². The Morgan fingerprint density at radius 2 is 2.00 bits per heavy atom. The quantitative estimate of drug-likeness (QED) is 0.745. The van der Waals surface area contributed by atoms with Gasteiger partial charge in [0, 0.05) is 10.6 Å². The molecule has 1 aromatic heterocycles. The molecule has 0 aliphatic heterocycles. The minimum Gasteiger partial charge on any atom is -0.453 e. The van der Waals surface area contributed by atoms with Crippen LogP contribution in [-0.2, 0) is 0 Å². The first kappa shape index (κ1) is 11.2. The predicted molar refractivity (Wildman–Crippen MR) is 64.3 cm³/mol. The fourth-order valence-electron chi connectivity index (χ4n) is 1.56. The average Bonchev–Trinajstić information content (AvgIpc) is 2.64. The van der Waals surface area contributed by atoms with Gasteiger partial charge in [-0.3, -0.25) is 4.79 Å². The summed E-state index contributed by atoms with van der Waals surface area (Å²) in [5.41, 5.74) is 1.67. The largest absolute Gasteiger partial charge is 0.453 e. The lowest BCUT2D eigenvalue weighted by Gasteiger charge is -2.05. The lowest BCUT2D eigenvalue weighted by molar-refractivity contribution is 0.110. The molecule has 0 atom stereocenters. The van der Waals surface area contributed by atoms with Crippen molar-refractivity contribution in [3.05, 3.63) is 45.6 Å². The second kappa shape index (κ2) is 4.32. The lowest BCUT2D eigenvalue weighted by atomic mass is 10.1. The fourth-order valence-corrected chi connectivity index (χ4v) is 2.25. The number of hydrogen-bond donors (Lipinski definition) is 0. The van der Waals surface area contributed by atoms with Crippen LogP contribution in [0, 0.1) is 6.92 Å². The van der Waals surface area contributed by atoms with Gasteiger partial charge >= 0.3 is 0 Å². The van der Waals surface area contributed by atoms with E-state index in [1.165, 1.54) is 0 Å². The Morgan fingerprint density at radius 1 is 1.25 bits per heavy atom. The molecule has 82 valence electrons. The Hall–Kier alpha value is -1.25. The van der Waals surface area contributed by atoms with Crippen LogP contribution in [0.25, 0.3) is 11.3 Å². The molecule has 0 bridgehead atoms. The maximum absolute atomic E-state index is 10.5. The van der Waals surface area contributed by atoms with Gasteiger partial charge in [-0.15, -0.1) is 0 Å². The molecule has 0 N–H and O–H groups in total. The monoisotopic (exact) mass is 254 g/mol. The number of carbonyl (C=O) groups excluding carboxylic acids is 1. The molecule has 1 aromatic carbocycles. The number of aldehydes is 1. The molecule has 0 saturated heterocycles. The molecule has 0 fully saturated rings. The molecule has 0 spiro atoms. The molecule has 2 nitrogen and oxygen atoms in total. The van der Waals surface area contributed by atoms with Crippen LogP contribution in [0.5, 0.6) is 0 Å². The first-order valence-electron chi connectivity index (χ1n) is 4.63. The smallest absolute Gasteiger partial charge is 0.185 e. The van der Waals surface area contributed by atoms with Crippen LogP contribution in [0.3, 0.4) is 0 Å². The zero-order chi connectivity index (χ0) is 11.7. The number of rotatable bonds is 2. The van der Waals surface area contributed by atoms with Crippen molar-refractivity contribution in [3.8, 4) is 11.3 Å². The summed E-state index contributed by atoms with van der Waals surface area (Å²) in [6.07, 6.45) is 0.655. The highest BCUT2D eigenvalue weighted by Gasteiger charge is 2.12. The Labute approximate surface area is 103 Å². The van der Waals surface area contributed by atoms with Crippen LogP contribution in [0.15, 0.2) is 28.7 Å². The highest BCUT2D eigenvalue weighted by Crippen LogP contribution is 2.34. The van der Waals surface area contributed by atoms with Crippen molar-refractivity contribution in [1.82, 2.24) is 0 Å². The molecule has 2 rings (SSSR count). The molecule has 2 aromatic rings. The first-order valence-corrected chi connectivity index (χ1v) is 5.38. The van der Waals surface area contributed by atoms with Gasteiger partial charge in [-0.1, -0.05) is 23.2 Å². The third kappa shape index (κ3) is 1.99. The zero-order valence-electron chi connectivity index (χ0n) is 8.46. The number of aryl methyl sites for hydroxylation is 1. The van der Waals surface area contributed by atoms with E-state index >= 15 is 0 Å². The summed E-state index contributed by atoms with van der Waals surface area (Å²) in [5, 5.41) is 1.09. The van der Waals surface area contributed by atoms with Gasteiger partial charge in [-0.2, -0.15) is 0 Å². The SMILES string of the molecule is Cc1cc(Cl)cc(Cl)c1-c1ccc(C=O)o1. The molecular formula is C12H8Cl2O2. The van der Waals surface area contributed by atoms with E-state index in [4.69, 9.17) is 27.6 Å². The average molecular weight is 255 g/mol. The second-order valence-electron chi connectivity index (χ2n) is 3.40. The van der Waals surface area contributed by atoms with Crippen molar-refractivity contribution < 1.29 is 9.21 Å². The highest BCUT2D eigenvalue weighted by molar-refractivity contribution is 6.36. The molecule has 0 unspecified atom stereocenters. The van der Waals surface area contributed by atoms with Crippen molar-refractivity contribution in [2.24, 2.45) is 0 Å². The van der Waals surface area contributed by atoms with Gasteiger partial charge in [0.2, 0.25) is 0 Å². The van der Waals surface area contributed by atoms with E-state index in [9.17, 15) is 4.79 Å². The Morgan fingerprint density at radius 3 is 2.56 bits per heavy atom. The van der Waals surface area contributed by atoms with E-state index < -0.39 is 0 Å². The van der Waals surface area contributed by atoms with E-state index in [-0.39, 0.29) is 5.76 Å². The second-order valence-corrected chi connectivity index (χ2v) is 4.24. The molecule has 0 aliphatic carbocycles. The molecule has 0 radical (unpaired) electrons. The van der Waals surface area contributed by atoms with E-state index in [1.807, 2.05) is 6.92 Å². The van der Waals surface area contributed by atoms with Crippen molar-refractivity contribution in [3.63, 3.8) is 0 Å². The molecule has 1 heterocycles. The summed E-state index contributed by atoms with van der Waals surface area (Å²) in [6.45, 7) is 1.89. The van der Waals surface area contributed by atoms with E-state index in [2.05, 4.69) is 0 Å². The molecule has 16 heavy (non-hydrogen) atoms. The van der Waals surface area contributed by atoms with Gasteiger partial charge in [0.05, 0.1) is 5.02 Å². The summed E-state index contributed by atoms with van der Waals surface area (Å²) < 4.78 is 5.32. The van der Waals surface area contributed by atoms with Crippen LogP contribution in [0.4, 0.5) is 0 Å².